The largest absolute Gasteiger partial charge is 0.475 e. The molecule has 2 fully saturated rings. The van der Waals surface area contributed by atoms with Crippen LogP contribution in [0.15, 0.2) is 111 Å². The zero-order valence-electron chi connectivity index (χ0n) is 31.1. The first-order chi connectivity index (χ1) is 28.7. The lowest BCUT2D eigenvalue weighted by Crippen LogP contribution is -2.37. The van der Waals surface area contributed by atoms with Gasteiger partial charge < -0.3 is 34.8 Å². The monoisotopic (exact) mass is 802 g/mol. The van der Waals surface area contributed by atoms with Gasteiger partial charge in [0.25, 0.3) is 11.7 Å². The zero-order valence-corrected chi connectivity index (χ0v) is 31.1. The van der Waals surface area contributed by atoms with E-state index >= 15 is 0 Å². The van der Waals surface area contributed by atoms with E-state index in [0.29, 0.717) is 6.54 Å². The third kappa shape index (κ3) is 8.39. The predicted molar refractivity (Wildman–Crippen MR) is 208 cm³/mol. The van der Waals surface area contributed by atoms with E-state index in [9.17, 15) is 18.4 Å². The molecule has 2 aromatic carbocycles. The van der Waals surface area contributed by atoms with Crippen molar-refractivity contribution in [3.63, 3.8) is 0 Å². The maximum absolute atomic E-state index is 13.9. The second kappa shape index (κ2) is 16.8. The summed E-state index contributed by atoms with van der Waals surface area (Å²) >= 11 is 0. The lowest BCUT2D eigenvalue weighted by Gasteiger charge is -2.18. The van der Waals surface area contributed by atoms with E-state index in [1.54, 1.807) is 49.1 Å². The molecule has 0 unspecified atom stereocenters. The highest BCUT2D eigenvalue weighted by Gasteiger charge is 2.28. The minimum atomic E-state index is -1.25. The molecule has 2 aliphatic rings. The number of amides is 1. The zero-order chi connectivity index (χ0) is 40.9. The number of benzene rings is 2. The molecule has 2 atom stereocenters. The van der Waals surface area contributed by atoms with Gasteiger partial charge in [0.05, 0.1) is 0 Å². The molecule has 0 saturated carbocycles. The summed E-state index contributed by atoms with van der Waals surface area (Å²) in [5.74, 6) is -1.19. The SMILES string of the molecule is N[C@H]1CCN(c2nccn3ccnc23)C1.O=C(N[C@H]1CCN(c2nccn3ccnc23)C1)c1ncn(-c2ccccc2F)n1.O=C(O)c1ncn(-c2ccccc2F)n1. The first-order valence-electron chi connectivity index (χ1n) is 18.4. The van der Waals surface area contributed by atoms with Gasteiger partial charge in [0.15, 0.2) is 22.9 Å². The van der Waals surface area contributed by atoms with Gasteiger partial charge in [-0.3, -0.25) is 4.79 Å². The molecular formula is C38H36F2N16O3. The minimum absolute atomic E-state index is 0.000173. The number of anilines is 2. The Labute approximate surface area is 333 Å². The fourth-order valence-electron chi connectivity index (χ4n) is 6.66. The molecule has 8 aromatic rings. The number of carbonyl (C=O) groups excluding carboxylic acids is 1. The number of para-hydroxylation sites is 2. The Bertz CT molecular complexity index is 2730. The fraction of sp³-hybridized carbons (Fsp3) is 0.211. The van der Waals surface area contributed by atoms with E-state index in [2.05, 4.69) is 55.2 Å². The molecule has 300 valence electrons. The number of nitrogens with zero attached hydrogens (tertiary/aromatic N) is 14. The van der Waals surface area contributed by atoms with Gasteiger partial charge in [-0.15, -0.1) is 10.2 Å². The summed E-state index contributed by atoms with van der Waals surface area (Å²) in [5, 5.41) is 19.2. The number of aromatic nitrogens is 12. The van der Waals surface area contributed by atoms with Crippen LogP contribution in [0.4, 0.5) is 20.4 Å². The number of nitrogens with one attached hydrogen (secondary N) is 1. The average molecular weight is 803 g/mol. The second-order valence-corrected chi connectivity index (χ2v) is 13.5. The molecule has 10 rings (SSSR count). The van der Waals surface area contributed by atoms with Crippen molar-refractivity contribution in [1.82, 2.24) is 63.6 Å². The van der Waals surface area contributed by atoms with Gasteiger partial charge in [-0.25, -0.2) is 52.8 Å². The quantitative estimate of drug-likeness (QED) is 0.211. The van der Waals surface area contributed by atoms with E-state index in [0.717, 1.165) is 66.4 Å². The highest BCUT2D eigenvalue weighted by atomic mass is 19.1. The maximum Gasteiger partial charge on any atom is 0.375 e. The van der Waals surface area contributed by atoms with Crippen molar-refractivity contribution in [1.29, 1.82) is 0 Å². The number of halogens is 2. The number of imidazole rings is 2. The molecule has 21 heteroatoms. The number of carboxylic acids is 1. The predicted octanol–water partition coefficient (Wildman–Crippen LogP) is 2.83. The molecule has 2 aliphatic heterocycles. The minimum Gasteiger partial charge on any atom is -0.475 e. The van der Waals surface area contributed by atoms with Crippen LogP contribution in [0.25, 0.3) is 22.7 Å². The van der Waals surface area contributed by atoms with Gasteiger partial charge in [0.2, 0.25) is 5.82 Å². The number of carbonyl (C=O) groups is 2. The van der Waals surface area contributed by atoms with Crippen LogP contribution >= 0.6 is 0 Å². The Morgan fingerprint density at radius 2 is 1.15 bits per heavy atom. The van der Waals surface area contributed by atoms with E-state index < -0.39 is 17.6 Å². The summed E-state index contributed by atoms with van der Waals surface area (Å²) in [6.07, 6.45) is 18.9. The van der Waals surface area contributed by atoms with Crippen molar-refractivity contribution in [3.8, 4) is 11.4 Å². The van der Waals surface area contributed by atoms with Gasteiger partial charge in [-0.05, 0) is 37.1 Å². The van der Waals surface area contributed by atoms with Gasteiger partial charge in [0.1, 0.15) is 35.7 Å². The average Bonchev–Trinajstić information content (AvgIpc) is 4.10. The Morgan fingerprint density at radius 1 is 0.661 bits per heavy atom. The van der Waals surface area contributed by atoms with Gasteiger partial charge in [-0.1, -0.05) is 24.3 Å². The molecule has 8 heterocycles. The lowest BCUT2D eigenvalue weighted by molar-refractivity contribution is 0.0683. The molecule has 6 aromatic heterocycles. The van der Waals surface area contributed by atoms with E-state index in [1.807, 2.05) is 33.6 Å². The number of rotatable bonds is 7. The summed E-state index contributed by atoms with van der Waals surface area (Å²) in [7, 11) is 0. The summed E-state index contributed by atoms with van der Waals surface area (Å²) < 4.78 is 33.4. The second-order valence-electron chi connectivity index (χ2n) is 13.5. The number of hydrogen-bond acceptors (Lipinski definition) is 13. The summed E-state index contributed by atoms with van der Waals surface area (Å²) in [6.45, 7) is 3.21. The molecule has 0 aliphatic carbocycles. The van der Waals surface area contributed by atoms with Crippen molar-refractivity contribution in [2.75, 3.05) is 36.0 Å². The summed E-state index contributed by atoms with van der Waals surface area (Å²) in [5.41, 5.74) is 7.98. The van der Waals surface area contributed by atoms with Crippen molar-refractivity contribution in [3.05, 3.63) is 134 Å². The molecule has 59 heavy (non-hydrogen) atoms. The van der Waals surface area contributed by atoms with Gasteiger partial charge in [0, 0.05) is 87.8 Å². The normalized spacial score (nSPS) is 16.1. The summed E-state index contributed by atoms with van der Waals surface area (Å²) in [6, 6.07) is 12.3. The van der Waals surface area contributed by atoms with Crippen LogP contribution in [-0.2, 0) is 0 Å². The van der Waals surface area contributed by atoms with Crippen LogP contribution < -0.4 is 20.9 Å². The maximum atomic E-state index is 13.9. The Hall–Kier alpha value is -7.68. The van der Waals surface area contributed by atoms with Crippen LogP contribution in [0.2, 0.25) is 0 Å². The van der Waals surface area contributed by atoms with Crippen LogP contribution in [0.3, 0.4) is 0 Å². The molecule has 0 bridgehead atoms. The molecule has 0 spiro atoms. The topological polar surface area (TPSA) is 221 Å². The van der Waals surface area contributed by atoms with Crippen molar-refractivity contribution < 1.29 is 23.5 Å². The van der Waals surface area contributed by atoms with Crippen molar-refractivity contribution in [2.45, 2.75) is 24.9 Å². The number of nitrogens with two attached hydrogens (primary N) is 1. The van der Waals surface area contributed by atoms with E-state index in [-0.39, 0.29) is 41.0 Å². The standard InChI is InChI=1S/C19H17FN8O.C10H13N5.C9H6FN3O2/c20-14-3-1-2-4-15(14)28-12-23-16(25-28)19(29)24-13-5-8-27(11-13)18-17-21-6-9-26(17)10-7-22-18;11-8-1-4-15(7-8)10-9-12-2-5-14(9)6-3-13-10;10-6-3-1-2-4-7(6)13-5-11-8(12-13)9(14)15/h1-4,6-7,9-10,12-13H,5,8,11H2,(H,24,29);2-3,5-6,8H,1,4,7,11H2;1-5H,(H,14,15)/t13-;8-;/m00./s1. The number of carboxylic acid groups (broad SMARTS) is 1. The Kier molecular flexibility index (Phi) is 10.9. The number of aromatic carboxylic acids is 1. The first-order valence-corrected chi connectivity index (χ1v) is 18.4. The van der Waals surface area contributed by atoms with Crippen molar-refractivity contribution >= 4 is 34.8 Å². The Morgan fingerprint density at radius 3 is 1.66 bits per heavy atom. The third-order valence-corrected chi connectivity index (χ3v) is 9.51. The first kappa shape index (κ1) is 38.2. The number of fused-ring (bicyclic) bond motifs is 2. The van der Waals surface area contributed by atoms with Crippen molar-refractivity contribution in [2.24, 2.45) is 5.73 Å². The molecule has 4 N–H and O–H groups in total. The molecule has 0 radical (unpaired) electrons. The van der Waals surface area contributed by atoms with Crippen LogP contribution in [0.1, 0.15) is 34.1 Å². The van der Waals surface area contributed by atoms with E-state index in [1.165, 1.54) is 35.3 Å². The molecule has 19 nitrogen and oxygen atoms in total. The Balaban J connectivity index is 0.000000136. The van der Waals surface area contributed by atoms with Gasteiger partial charge >= 0.3 is 5.97 Å². The van der Waals surface area contributed by atoms with Gasteiger partial charge in [-0.2, -0.15) is 0 Å². The highest BCUT2D eigenvalue weighted by Crippen LogP contribution is 2.23. The van der Waals surface area contributed by atoms with Crippen LogP contribution in [-0.4, -0.2) is 114 Å². The summed E-state index contributed by atoms with van der Waals surface area (Å²) in [4.78, 5) is 52.4. The lowest BCUT2D eigenvalue weighted by atomic mass is 10.2. The molecule has 2 saturated heterocycles. The van der Waals surface area contributed by atoms with E-state index in [4.69, 9.17) is 10.8 Å². The highest BCUT2D eigenvalue weighted by molar-refractivity contribution is 5.90. The third-order valence-electron chi connectivity index (χ3n) is 9.51. The molecule has 1 amide bonds. The number of hydrogen-bond donors (Lipinski definition) is 3. The van der Waals surface area contributed by atoms with Crippen LogP contribution in [0.5, 0.6) is 0 Å². The fourth-order valence-corrected chi connectivity index (χ4v) is 6.66. The smallest absolute Gasteiger partial charge is 0.375 e. The van der Waals surface area contributed by atoms with Crippen LogP contribution in [0, 0.1) is 11.6 Å². The molecular weight excluding hydrogens is 767 g/mol.